The van der Waals surface area contributed by atoms with Crippen molar-refractivity contribution in [3.8, 4) is 11.4 Å². The highest BCUT2D eigenvalue weighted by atomic mass is 19.4. The number of pyridine rings is 1. The third-order valence-corrected chi connectivity index (χ3v) is 3.97. The van der Waals surface area contributed by atoms with E-state index in [0.29, 0.717) is 17.8 Å². The second-order valence-electron chi connectivity index (χ2n) is 6.31. The standard InChI is InChI=1S/C19H13F6N5O2/c20-18(21,22)10-4-5-12(11(7-10)19(23,24)25)28-15-8-14(13-3-1-2-6-26-13)29-17(30-15)27-9-16(31)32/h1-8H,9H2,(H,31,32)(H2,27,28,29,30). The van der Waals surface area contributed by atoms with Gasteiger partial charge in [-0.3, -0.25) is 9.78 Å². The summed E-state index contributed by atoms with van der Waals surface area (Å²) in [5.74, 6) is -1.70. The number of carbonyl (C=O) groups is 1. The molecule has 0 atom stereocenters. The highest BCUT2D eigenvalue weighted by Crippen LogP contribution is 2.40. The van der Waals surface area contributed by atoms with E-state index in [9.17, 15) is 31.1 Å². The van der Waals surface area contributed by atoms with Crippen molar-refractivity contribution in [3.05, 3.63) is 59.8 Å². The number of carboxylic acid groups (broad SMARTS) is 1. The molecule has 3 rings (SSSR count). The molecule has 32 heavy (non-hydrogen) atoms. The van der Waals surface area contributed by atoms with E-state index in [1.54, 1.807) is 18.2 Å². The van der Waals surface area contributed by atoms with E-state index < -0.39 is 41.7 Å². The van der Waals surface area contributed by atoms with Crippen molar-refractivity contribution in [1.29, 1.82) is 0 Å². The molecule has 0 fully saturated rings. The number of rotatable bonds is 6. The number of aliphatic carboxylic acids is 1. The van der Waals surface area contributed by atoms with Gasteiger partial charge < -0.3 is 15.7 Å². The third-order valence-electron chi connectivity index (χ3n) is 3.97. The summed E-state index contributed by atoms with van der Waals surface area (Å²) in [7, 11) is 0. The van der Waals surface area contributed by atoms with E-state index >= 15 is 0 Å². The zero-order chi connectivity index (χ0) is 23.5. The number of aromatic nitrogens is 3. The maximum atomic E-state index is 13.4. The predicted molar refractivity (Wildman–Crippen MR) is 101 cm³/mol. The number of carboxylic acids is 1. The number of hydrogen-bond donors (Lipinski definition) is 3. The van der Waals surface area contributed by atoms with Gasteiger partial charge >= 0.3 is 18.3 Å². The van der Waals surface area contributed by atoms with Crippen LogP contribution in [-0.2, 0) is 17.1 Å². The molecule has 3 N–H and O–H groups in total. The molecule has 2 aromatic heterocycles. The molecule has 1 aromatic carbocycles. The van der Waals surface area contributed by atoms with Crippen LogP contribution in [0.1, 0.15) is 11.1 Å². The Bertz CT molecular complexity index is 1120. The molecule has 0 aliphatic rings. The van der Waals surface area contributed by atoms with Gasteiger partial charge in [-0.1, -0.05) is 6.07 Å². The normalized spacial score (nSPS) is 11.8. The summed E-state index contributed by atoms with van der Waals surface area (Å²) in [5.41, 5.74) is -3.25. The first-order valence-electron chi connectivity index (χ1n) is 8.75. The summed E-state index contributed by atoms with van der Waals surface area (Å²) in [6.07, 6.45) is -8.62. The van der Waals surface area contributed by atoms with E-state index in [2.05, 4.69) is 25.6 Å². The summed E-state index contributed by atoms with van der Waals surface area (Å²) in [4.78, 5) is 22.9. The van der Waals surface area contributed by atoms with E-state index in [4.69, 9.17) is 5.11 Å². The minimum absolute atomic E-state index is 0.00717. The lowest BCUT2D eigenvalue weighted by Crippen LogP contribution is -2.16. The Kier molecular flexibility index (Phi) is 6.18. The minimum Gasteiger partial charge on any atom is -0.480 e. The monoisotopic (exact) mass is 457 g/mol. The maximum absolute atomic E-state index is 13.4. The Labute approximate surface area is 176 Å². The third kappa shape index (κ3) is 5.62. The molecule has 7 nitrogen and oxygen atoms in total. The van der Waals surface area contributed by atoms with Crippen molar-refractivity contribution in [1.82, 2.24) is 15.0 Å². The molecule has 13 heteroatoms. The van der Waals surface area contributed by atoms with Crippen LogP contribution in [0.2, 0.25) is 0 Å². The van der Waals surface area contributed by atoms with Gasteiger partial charge in [-0.2, -0.15) is 31.3 Å². The van der Waals surface area contributed by atoms with Crippen LogP contribution >= 0.6 is 0 Å². The summed E-state index contributed by atoms with van der Waals surface area (Å²) in [5, 5.41) is 13.6. The molecule has 0 saturated carbocycles. The summed E-state index contributed by atoms with van der Waals surface area (Å²) >= 11 is 0. The molecular weight excluding hydrogens is 444 g/mol. The molecular formula is C19H13F6N5O2. The molecule has 2 heterocycles. The molecule has 0 radical (unpaired) electrons. The van der Waals surface area contributed by atoms with Gasteiger partial charge in [-0.15, -0.1) is 0 Å². The largest absolute Gasteiger partial charge is 0.480 e. The quantitative estimate of drug-likeness (QED) is 0.457. The number of nitrogens with zero attached hydrogens (tertiary/aromatic N) is 3. The Morgan fingerprint density at radius 1 is 0.938 bits per heavy atom. The van der Waals surface area contributed by atoms with Gasteiger partial charge in [0, 0.05) is 12.3 Å². The van der Waals surface area contributed by atoms with Gasteiger partial charge in [-0.25, -0.2) is 4.98 Å². The van der Waals surface area contributed by atoms with Crippen molar-refractivity contribution in [3.63, 3.8) is 0 Å². The Hall–Kier alpha value is -3.90. The fraction of sp³-hybridized carbons (Fsp3) is 0.158. The molecule has 0 bridgehead atoms. The van der Waals surface area contributed by atoms with Crippen LogP contribution in [-0.4, -0.2) is 32.6 Å². The van der Waals surface area contributed by atoms with Gasteiger partial charge in [-0.05, 0) is 30.3 Å². The predicted octanol–water partition coefficient (Wildman–Crippen LogP) is 4.82. The molecule has 0 spiro atoms. The average molecular weight is 457 g/mol. The lowest BCUT2D eigenvalue weighted by atomic mass is 10.1. The maximum Gasteiger partial charge on any atom is 0.418 e. The van der Waals surface area contributed by atoms with Crippen LogP contribution < -0.4 is 10.6 Å². The lowest BCUT2D eigenvalue weighted by Gasteiger charge is -2.17. The van der Waals surface area contributed by atoms with Gasteiger partial charge in [0.15, 0.2) is 0 Å². The van der Waals surface area contributed by atoms with Crippen LogP contribution in [0.3, 0.4) is 0 Å². The van der Waals surface area contributed by atoms with Crippen molar-refractivity contribution in [2.75, 3.05) is 17.2 Å². The number of anilines is 3. The van der Waals surface area contributed by atoms with Gasteiger partial charge in [0.2, 0.25) is 5.95 Å². The number of nitrogens with one attached hydrogen (secondary N) is 2. The second-order valence-corrected chi connectivity index (χ2v) is 6.31. The Morgan fingerprint density at radius 3 is 2.28 bits per heavy atom. The topological polar surface area (TPSA) is 100 Å². The summed E-state index contributed by atoms with van der Waals surface area (Å²) in [6.45, 7) is -0.584. The van der Waals surface area contributed by atoms with Gasteiger partial charge in [0.05, 0.1) is 28.2 Å². The number of halogens is 6. The van der Waals surface area contributed by atoms with Crippen molar-refractivity contribution in [2.45, 2.75) is 12.4 Å². The van der Waals surface area contributed by atoms with Crippen LogP contribution in [0.5, 0.6) is 0 Å². The fourth-order valence-corrected chi connectivity index (χ4v) is 2.59. The van der Waals surface area contributed by atoms with Crippen molar-refractivity contribution in [2.24, 2.45) is 0 Å². The smallest absolute Gasteiger partial charge is 0.418 e. The molecule has 0 aliphatic heterocycles. The Balaban J connectivity index is 2.05. The SMILES string of the molecule is O=C(O)CNc1nc(Nc2ccc(C(F)(F)F)cc2C(F)(F)F)cc(-c2ccccn2)n1. The zero-order valence-corrected chi connectivity index (χ0v) is 15.8. The van der Waals surface area contributed by atoms with E-state index in [0.717, 1.165) is 0 Å². The second kappa shape index (κ2) is 8.69. The molecule has 0 aliphatic carbocycles. The van der Waals surface area contributed by atoms with E-state index in [-0.39, 0.29) is 23.5 Å². The summed E-state index contributed by atoms with van der Waals surface area (Å²) in [6, 6.07) is 7.15. The highest BCUT2D eigenvalue weighted by Gasteiger charge is 2.38. The highest BCUT2D eigenvalue weighted by molar-refractivity contribution is 5.73. The first-order valence-corrected chi connectivity index (χ1v) is 8.75. The molecule has 0 amide bonds. The molecule has 168 valence electrons. The summed E-state index contributed by atoms with van der Waals surface area (Å²) < 4.78 is 78.9. The van der Waals surface area contributed by atoms with Crippen LogP contribution in [0.25, 0.3) is 11.4 Å². The minimum atomic E-state index is -5.09. The van der Waals surface area contributed by atoms with E-state index in [1.165, 1.54) is 12.3 Å². The van der Waals surface area contributed by atoms with Gasteiger partial charge in [0.1, 0.15) is 12.4 Å². The zero-order valence-electron chi connectivity index (χ0n) is 15.8. The van der Waals surface area contributed by atoms with Crippen molar-refractivity contribution >= 4 is 23.4 Å². The first-order chi connectivity index (χ1) is 14.9. The Morgan fingerprint density at radius 2 is 1.69 bits per heavy atom. The number of hydrogen-bond acceptors (Lipinski definition) is 6. The van der Waals surface area contributed by atoms with Crippen molar-refractivity contribution < 1.29 is 36.2 Å². The van der Waals surface area contributed by atoms with Gasteiger partial charge in [0.25, 0.3) is 0 Å². The first kappa shape index (κ1) is 22.8. The lowest BCUT2D eigenvalue weighted by molar-refractivity contribution is -0.142. The molecule has 0 unspecified atom stereocenters. The number of alkyl halides is 6. The van der Waals surface area contributed by atoms with Crippen LogP contribution in [0.15, 0.2) is 48.7 Å². The van der Waals surface area contributed by atoms with Crippen LogP contribution in [0, 0.1) is 0 Å². The average Bonchev–Trinajstić information content (AvgIpc) is 2.71. The van der Waals surface area contributed by atoms with E-state index in [1.807, 2.05) is 0 Å². The molecule has 3 aromatic rings. The fourth-order valence-electron chi connectivity index (χ4n) is 2.59. The molecule has 0 saturated heterocycles. The number of benzene rings is 1. The van der Waals surface area contributed by atoms with Crippen LogP contribution in [0.4, 0.5) is 43.8 Å².